The lowest BCUT2D eigenvalue weighted by molar-refractivity contribution is -0.159. The molecule has 0 radical (unpaired) electrons. The number of carbonyl (C=O) groups excluding carboxylic acids is 1. The van der Waals surface area contributed by atoms with Gasteiger partial charge in [0.25, 0.3) is 0 Å². The minimum atomic E-state index is -1.43. The van der Waals surface area contributed by atoms with Crippen LogP contribution in [0.2, 0.25) is 0 Å². The fraction of sp³-hybridized carbons (Fsp3) is 0.667. The maximum atomic E-state index is 11.8. The van der Waals surface area contributed by atoms with Gasteiger partial charge in [0.1, 0.15) is 0 Å². The molecule has 1 rings (SSSR count). The van der Waals surface area contributed by atoms with Crippen LogP contribution in [0.15, 0.2) is 12.7 Å². The van der Waals surface area contributed by atoms with Crippen LogP contribution in [0.3, 0.4) is 0 Å². The number of ether oxygens (including phenoxy) is 2. The SMILES string of the molecule is C=CC[C@]1(CC(=O)O)O[C@@H](C(C)(C)C)OC1=O. The summed E-state index contributed by atoms with van der Waals surface area (Å²) in [5.41, 5.74) is -1.82. The van der Waals surface area contributed by atoms with Crippen LogP contribution in [-0.4, -0.2) is 28.9 Å². The number of cyclic esters (lactones) is 1. The Kier molecular flexibility index (Phi) is 3.62. The van der Waals surface area contributed by atoms with Crippen molar-refractivity contribution in [1.82, 2.24) is 0 Å². The molecule has 5 nitrogen and oxygen atoms in total. The normalized spacial score (nSPS) is 28.9. The Labute approximate surface area is 100 Å². The van der Waals surface area contributed by atoms with E-state index in [1.807, 2.05) is 20.8 Å². The predicted molar refractivity (Wildman–Crippen MR) is 60.2 cm³/mol. The van der Waals surface area contributed by atoms with E-state index in [2.05, 4.69) is 6.58 Å². The van der Waals surface area contributed by atoms with Crippen LogP contribution in [-0.2, 0) is 19.1 Å². The van der Waals surface area contributed by atoms with Crippen molar-refractivity contribution in [2.75, 3.05) is 0 Å². The van der Waals surface area contributed by atoms with Crippen LogP contribution < -0.4 is 0 Å². The minimum Gasteiger partial charge on any atom is -0.481 e. The highest BCUT2D eigenvalue weighted by Gasteiger charge is 2.53. The molecule has 17 heavy (non-hydrogen) atoms. The molecule has 1 fully saturated rings. The van der Waals surface area contributed by atoms with Crippen molar-refractivity contribution in [3.05, 3.63) is 12.7 Å². The molecule has 1 aliphatic rings. The highest BCUT2D eigenvalue weighted by atomic mass is 16.8. The lowest BCUT2D eigenvalue weighted by atomic mass is 9.94. The van der Waals surface area contributed by atoms with Gasteiger partial charge in [-0.1, -0.05) is 26.8 Å². The molecule has 96 valence electrons. The van der Waals surface area contributed by atoms with Gasteiger partial charge in [0.2, 0.25) is 6.29 Å². The smallest absolute Gasteiger partial charge is 0.341 e. The molecule has 0 saturated carbocycles. The predicted octanol–water partition coefficient (Wildman–Crippen LogP) is 1.72. The second kappa shape index (κ2) is 4.49. The molecule has 0 aromatic rings. The van der Waals surface area contributed by atoms with Gasteiger partial charge in [-0.2, -0.15) is 0 Å². The largest absolute Gasteiger partial charge is 0.481 e. The Morgan fingerprint density at radius 3 is 2.53 bits per heavy atom. The Bertz CT molecular complexity index is 341. The first-order chi connectivity index (χ1) is 7.71. The molecular formula is C12H18O5. The van der Waals surface area contributed by atoms with Crippen molar-refractivity contribution < 1.29 is 24.2 Å². The van der Waals surface area contributed by atoms with Gasteiger partial charge < -0.3 is 14.6 Å². The average Bonchev–Trinajstić information content (AvgIpc) is 2.43. The average molecular weight is 242 g/mol. The van der Waals surface area contributed by atoms with E-state index in [-0.39, 0.29) is 6.42 Å². The van der Waals surface area contributed by atoms with E-state index in [0.29, 0.717) is 0 Å². The van der Waals surface area contributed by atoms with Crippen molar-refractivity contribution in [2.24, 2.45) is 5.41 Å². The Hall–Kier alpha value is -1.36. The van der Waals surface area contributed by atoms with E-state index < -0.39 is 35.7 Å². The second-order valence-corrected chi connectivity index (χ2v) is 5.28. The van der Waals surface area contributed by atoms with Crippen LogP contribution in [0.25, 0.3) is 0 Å². The van der Waals surface area contributed by atoms with Crippen LogP contribution in [0.4, 0.5) is 0 Å². The molecule has 1 aliphatic heterocycles. The van der Waals surface area contributed by atoms with Crippen molar-refractivity contribution in [2.45, 2.75) is 45.5 Å². The summed E-state index contributed by atoms with van der Waals surface area (Å²) in [5, 5.41) is 8.85. The van der Waals surface area contributed by atoms with Gasteiger partial charge in [0.15, 0.2) is 5.60 Å². The molecule has 2 atom stereocenters. The molecule has 0 aromatic heterocycles. The molecular weight excluding hydrogens is 224 g/mol. The lowest BCUT2D eigenvalue weighted by Crippen LogP contribution is -2.39. The number of carbonyl (C=O) groups is 2. The Balaban J connectivity index is 2.96. The first kappa shape index (κ1) is 13.7. The summed E-state index contributed by atoms with van der Waals surface area (Å²) in [5.74, 6) is -1.72. The quantitative estimate of drug-likeness (QED) is 0.600. The molecule has 1 saturated heterocycles. The number of carboxylic acids is 1. The van der Waals surface area contributed by atoms with Crippen LogP contribution >= 0.6 is 0 Å². The molecule has 0 bridgehead atoms. The van der Waals surface area contributed by atoms with E-state index in [4.69, 9.17) is 14.6 Å². The number of rotatable bonds is 4. The number of carboxylic acid groups (broad SMARTS) is 1. The molecule has 0 unspecified atom stereocenters. The van der Waals surface area contributed by atoms with Crippen LogP contribution in [0, 0.1) is 5.41 Å². The minimum absolute atomic E-state index is 0.130. The molecule has 0 aliphatic carbocycles. The molecule has 0 amide bonds. The zero-order chi connectivity index (χ0) is 13.3. The summed E-state index contributed by atoms with van der Waals surface area (Å²) in [6.45, 7) is 9.09. The summed E-state index contributed by atoms with van der Waals surface area (Å²) in [7, 11) is 0. The van der Waals surface area contributed by atoms with Gasteiger partial charge in [-0.15, -0.1) is 6.58 Å². The monoisotopic (exact) mass is 242 g/mol. The Morgan fingerprint density at radius 2 is 2.18 bits per heavy atom. The Morgan fingerprint density at radius 1 is 1.59 bits per heavy atom. The van der Waals surface area contributed by atoms with Crippen molar-refractivity contribution >= 4 is 11.9 Å². The molecule has 1 heterocycles. The van der Waals surface area contributed by atoms with E-state index in [1.54, 1.807) is 0 Å². The van der Waals surface area contributed by atoms with Gasteiger partial charge in [-0.05, 0) is 0 Å². The van der Waals surface area contributed by atoms with E-state index in [0.717, 1.165) is 0 Å². The highest BCUT2D eigenvalue weighted by Crippen LogP contribution is 2.38. The van der Waals surface area contributed by atoms with Gasteiger partial charge in [0.05, 0.1) is 6.42 Å². The zero-order valence-electron chi connectivity index (χ0n) is 10.4. The van der Waals surface area contributed by atoms with E-state index in [1.165, 1.54) is 6.08 Å². The second-order valence-electron chi connectivity index (χ2n) is 5.28. The van der Waals surface area contributed by atoms with E-state index >= 15 is 0 Å². The fourth-order valence-corrected chi connectivity index (χ4v) is 1.63. The van der Waals surface area contributed by atoms with Crippen LogP contribution in [0.1, 0.15) is 33.6 Å². The van der Waals surface area contributed by atoms with Crippen molar-refractivity contribution in [3.8, 4) is 0 Å². The summed E-state index contributed by atoms with van der Waals surface area (Å²) < 4.78 is 10.7. The summed E-state index contributed by atoms with van der Waals surface area (Å²) in [6.07, 6.45) is 0.457. The third-order valence-electron chi connectivity index (χ3n) is 2.54. The summed E-state index contributed by atoms with van der Waals surface area (Å²) in [4.78, 5) is 22.6. The summed E-state index contributed by atoms with van der Waals surface area (Å²) >= 11 is 0. The maximum Gasteiger partial charge on any atom is 0.341 e. The zero-order valence-corrected chi connectivity index (χ0v) is 10.4. The van der Waals surface area contributed by atoms with Gasteiger partial charge in [0, 0.05) is 11.8 Å². The topological polar surface area (TPSA) is 72.8 Å². The van der Waals surface area contributed by atoms with Crippen molar-refractivity contribution in [3.63, 3.8) is 0 Å². The van der Waals surface area contributed by atoms with Gasteiger partial charge in [-0.25, -0.2) is 4.79 Å². The summed E-state index contributed by atoms with van der Waals surface area (Å²) in [6, 6.07) is 0. The number of hydrogen-bond donors (Lipinski definition) is 1. The molecule has 0 aromatic carbocycles. The number of aliphatic carboxylic acids is 1. The van der Waals surface area contributed by atoms with Gasteiger partial charge in [-0.3, -0.25) is 4.79 Å². The molecule has 1 N–H and O–H groups in total. The highest BCUT2D eigenvalue weighted by molar-refractivity contribution is 5.86. The standard InChI is InChI=1S/C12H18O5/c1-5-6-12(7-8(13)14)9(15)16-10(17-12)11(2,3)4/h5,10H,1,6-7H2,2-4H3,(H,13,14)/t10-,12+/m0/s1. The van der Waals surface area contributed by atoms with Gasteiger partial charge >= 0.3 is 11.9 Å². The number of hydrogen-bond acceptors (Lipinski definition) is 4. The van der Waals surface area contributed by atoms with Crippen LogP contribution in [0.5, 0.6) is 0 Å². The fourth-order valence-electron chi connectivity index (χ4n) is 1.63. The lowest BCUT2D eigenvalue weighted by Gasteiger charge is -2.26. The van der Waals surface area contributed by atoms with E-state index in [9.17, 15) is 9.59 Å². The molecule has 5 heteroatoms. The third kappa shape index (κ3) is 2.85. The third-order valence-corrected chi connectivity index (χ3v) is 2.54. The number of esters is 1. The first-order valence-electron chi connectivity index (χ1n) is 5.43. The maximum absolute atomic E-state index is 11.8. The molecule has 0 spiro atoms. The van der Waals surface area contributed by atoms with Crippen molar-refractivity contribution in [1.29, 1.82) is 0 Å². The first-order valence-corrected chi connectivity index (χ1v) is 5.43.